The Morgan fingerprint density at radius 3 is 1.69 bits per heavy atom. The first-order chi connectivity index (χ1) is 19.9. The van der Waals surface area contributed by atoms with Crippen molar-refractivity contribution in [1.82, 2.24) is 4.90 Å². The van der Waals surface area contributed by atoms with Gasteiger partial charge >= 0.3 is 6.09 Å². The second-order valence-corrected chi connectivity index (χ2v) is 11.5. The van der Waals surface area contributed by atoms with Crippen LogP contribution in [0.2, 0.25) is 0 Å². The van der Waals surface area contributed by atoms with Crippen LogP contribution in [0.25, 0.3) is 0 Å². The number of ether oxygens (including phenoxy) is 5. The van der Waals surface area contributed by atoms with E-state index in [0.29, 0.717) is 78.9 Å². The molecule has 0 aliphatic rings. The van der Waals surface area contributed by atoms with Crippen LogP contribution in [0.15, 0.2) is 45.3 Å². The van der Waals surface area contributed by atoms with E-state index >= 15 is 0 Å². The number of carbonyl (C=O) groups excluding carboxylic acids is 1. The maximum absolute atomic E-state index is 13.3. The first kappa shape index (κ1) is 40.3. The third-order valence-corrected chi connectivity index (χ3v) is 6.24. The molecule has 8 nitrogen and oxygen atoms in total. The van der Waals surface area contributed by atoms with Gasteiger partial charge in [0.2, 0.25) is 0 Å². The number of halogens is 5. The Hall–Kier alpha value is -1.70. The highest BCUT2D eigenvalue weighted by Gasteiger charge is 2.19. The molecule has 2 N–H and O–H groups in total. The molecule has 0 saturated carbocycles. The number of alkyl halides is 1. The molecule has 13 heteroatoms. The standard InChI is InChI=1S/C17H25BrFNO4.C11H13BrClFO2.CH5N/c1-17(2,3)24-16(21)20(4)8-5-9-22-10-11-23-13-6-7-14(18)15(19)12-13;12-10-3-2-9(8-11(10)14)16-7-6-15-5-1-4-13;1-2/h6-7,12H,5,8-11H2,1-4H3;2-3,8H,1,4-7H2;2H2,1H3. The van der Waals surface area contributed by atoms with E-state index in [9.17, 15) is 13.6 Å². The lowest BCUT2D eigenvalue weighted by atomic mass is 10.2. The minimum Gasteiger partial charge on any atom is -0.491 e. The van der Waals surface area contributed by atoms with E-state index in [2.05, 4.69) is 37.6 Å². The number of hydrogen-bond donors (Lipinski definition) is 1. The molecule has 0 spiro atoms. The summed E-state index contributed by atoms with van der Waals surface area (Å²) in [6.45, 7) is 8.80. The summed E-state index contributed by atoms with van der Waals surface area (Å²) >= 11 is 11.6. The summed E-state index contributed by atoms with van der Waals surface area (Å²) in [5, 5.41) is 0. The Bertz CT molecular complexity index is 1020. The molecular formula is C29H43Br2ClF2N2O6. The largest absolute Gasteiger partial charge is 0.491 e. The van der Waals surface area contributed by atoms with Crippen molar-refractivity contribution in [2.24, 2.45) is 5.73 Å². The topological polar surface area (TPSA) is 92.5 Å². The van der Waals surface area contributed by atoms with E-state index in [0.717, 1.165) is 6.42 Å². The van der Waals surface area contributed by atoms with Crippen LogP contribution in [0.1, 0.15) is 33.6 Å². The maximum atomic E-state index is 13.3. The molecular weight excluding hydrogens is 706 g/mol. The highest BCUT2D eigenvalue weighted by Crippen LogP contribution is 2.21. The highest BCUT2D eigenvalue weighted by molar-refractivity contribution is 9.10. The summed E-state index contributed by atoms with van der Waals surface area (Å²) in [5.74, 6) is 0.864. The smallest absolute Gasteiger partial charge is 0.410 e. The van der Waals surface area contributed by atoms with E-state index in [1.165, 1.54) is 24.1 Å². The third-order valence-electron chi connectivity index (χ3n) is 4.68. The molecule has 0 aromatic heterocycles. The molecule has 42 heavy (non-hydrogen) atoms. The monoisotopic (exact) mass is 746 g/mol. The van der Waals surface area contributed by atoms with Crippen LogP contribution in [0, 0.1) is 11.6 Å². The summed E-state index contributed by atoms with van der Waals surface area (Å²) in [6.07, 6.45) is 1.18. The van der Waals surface area contributed by atoms with Gasteiger partial charge in [0, 0.05) is 44.8 Å². The van der Waals surface area contributed by atoms with Crippen LogP contribution in [0.3, 0.4) is 0 Å². The summed E-state index contributed by atoms with van der Waals surface area (Å²) < 4.78 is 53.8. The second kappa shape index (κ2) is 23.7. The SMILES string of the molecule is CN.CN(CCCOCCOc1ccc(Br)c(F)c1)C(=O)OC(C)(C)C.Fc1cc(OCCOCCCCl)ccc1Br. The van der Waals surface area contributed by atoms with Gasteiger partial charge in [0.25, 0.3) is 0 Å². The molecule has 240 valence electrons. The minimum atomic E-state index is -0.494. The molecule has 0 unspecified atom stereocenters. The Morgan fingerprint density at radius 2 is 1.29 bits per heavy atom. The van der Waals surface area contributed by atoms with E-state index in [4.69, 9.17) is 35.3 Å². The van der Waals surface area contributed by atoms with Crippen molar-refractivity contribution in [2.45, 2.75) is 39.2 Å². The van der Waals surface area contributed by atoms with Crippen molar-refractivity contribution < 1.29 is 37.3 Å². The average Bonchev–Trinajstić information content (AvgIpc) is 2.94. The zero-order valence-corrected chi connectivity index (χ0v) is 28.8. The third kappa shape index (κ3) is 20.2. The number of nitrogens with two attached hydrogens (primary N) is 1. The van der Waals surface area contributed by atoms with Crippen molar-refractivity contribution in [2.75, 3.05) is 66.2 Å². The van der Waals surface area contributed by atoms with Gasteiger partial charge in [0.15, 0.2) is 0 Å². The molecule has 0 bridgehead atoms. The highest BCUT2D eigenvalue weighted by atomic mass is 79.9. The van der Waals surface area contributed by atoms with Crippen molar-refractivity contribution in [3.8, 4) is 11.5 Å². The second-order valence-electron chi connectivity index (χ2n) is 9.37. The van der Waals surface area contributed by atoms with Gasteiger partial charge in [-0.1, -0.05) is 0 Å². The van der Waals surface area contributed by atoms with Crippen LogP contribution in [-0.4, -0.2) is 82.8 Å². The predicted octanol–water partition coefficient (Wildman–Crippen LogP) is 7.43. The summed E-state index contributed by atoms with van der Waals surface area (Å²) in [7, 11) is 3.19. The lowest BCUT2D eigenvalue weighted by Crippen LogP contribution is -2.35. The van der Waals surface area contributed by atoms with Crippen molar-refractivity contribution >= 4 is 49.6 Å². The molecule has 0 atom stereocenters. The van der Waals surface area contributed by atoms with E-state index < -0.39 is 5.60 Å². The number of carbonyl (C=O) groups is 1. The number of rotatable bonds is 15. The Labute approximate surface area is 270 Å². The van der Waals surface area contributed by atoms with Gasteiger partial charge in [-0.15, -0.1) is 11.6 Å². The van der Waals surface area contributed by atoms with Gasteiger partial charge in [0.05, 0.1) is 22.2 Å². The van der Waals surface area contributed by atoms with Gasteiger partial charge in [-0.3, -0.25) is 0 Å². The molecule has 0 aliphatic heterocycles. The van der Waals surface area contributed by atoms with Gasteiger partial charge in [-0.05, 0) is 96.8 Å². The van der Waals surface area contributed by atoms with Gasteiger partial charge < -0.3 is 34.3 Å². The Balaban J connectivity index is 0.000000809. The van der Waals surface area contributed by atoms with Gasteiger partial charge in [-0.25, -0.2) is 13.6 Å². The van der Waals surface area contributed by atoms with Gasteiger partial charge in [-0.2, -0.15) is 0 Å². The Morgan fingerprint density at radius 1 is 0.833 bits per heavy atom. The Kier molecular flexibility index (Phi) is 22.8. The van der Waals surface area contributed by atoms with Crippen LogP contribution < -0.4 is 15.2 Å². The quantitative estimate of drug-likeness (QED) is 0.150. The number of amides is 1. The molecule has 0 heterocycles. The maximum Gasteiger partial charge on any atom is 0.410 e. The molecule has 2 aromatic rings. The van der Waals surface area contributed by atoms with Crippen molar-refractivity contribution in [3.63, 3.8) is 0 Å². The first-order valence-electron chi connectivity index (χ1n) is 13.3. The van der Waals surface area contributed by atoms with E-state index in [1.807, 2.05) is 20.8 Å². The first-order valence-corrected chi connectivity index (χ1v) is 15.4. The average molecular weight is 749 g/mol. The number of nitrogens with zero attached hydrogens (tertiary/aromatic N) is 1. The fourth-order valence-corrected chi connectivity index (χ4v) is 3.37. The fraction of sp³-hybridized carbons (Fsp3) is 0.552. The number of hydrogen-bond acceptors (Lipinski definition) is 7. The van der Waals surface area contributed by atoms with Crippen molar-refractivity contribution in [3.05, 3.63) is 57.0 Å². The van der Waals surface area contributed by atoms with Crippen LogP contribution in [0.4, 0.5) is 13.6 Å². The van der Waals surface area contributed by atoms with E-state index in [-0.39, 0.29) is 17.7 Å². The van der Waals surface area contributed by atoms with E-state index in [1.54, 1.807) is 31.3 Å². The van der Waals surface area contributed by atoms with Crippen molar-refractivity contribution in [1.29, 1.82) is 0 Å². The summed E-state index contributed by atoms with van der Waals surface area (Å²) in [4.78, 5) is 13.3. The minimum absolute atomic E-state index is 0.333. The molecule has 0 fully saturated rings. The van der Waals surface area contributed by atoms with Crippen LogP contribution >= 0.6 is 43.5 Å². The summed E-state index contributed by atoms with van der Waals surface area (Å²) in [5.41, 5.74) is 4.01. The zero-order chi connectivity index (χ0) is 32.0. The number of benzene rings is 2. The molecule has 1 amide bonds. The van der Waals surface area contributed by atoms with Crippen LogP contribution in [-0.2, 0) is 14.2 Å². The van der Waals surface area contributed by atoms with Crippen LogP contribution in [0.5, 0.6) is 11.5 Å². The fourth-order valence-electron chi connectivity index (χ4n) is 2.77. The lowest BCUT2D eigenvalue weighted by molar-refractivity contribution is 0.0274. The normalized spacial score (nSPS) is 10.5. The van der Waals surface area contributed by atoms with Gasteiger partial charge in [0.1, 0.15) is 41.9 Å². The molecule has 0 saturated heterocycles. The predicted molar refractivity (Wildman–Crippen MR) is 170 cm³/mol. The summed E-state index contributed by atoms with van der Waals surface area (Å²) in [6, 6.07) is 9.24. The zero-order valence-electron chi connectivity index (χ0n) is 24.9. The molecule has 0 aliphatic carbocycles. The molecule has 0 radical (unpaired) electrons. The molecule has 2 rings (SSSR count). The lowest BCUT2D eigenvalue weighted by Gasteiger charge is -2.24. The molecule has 2 aromatic carbocycles.